The highest BCUT2D eigenvalue weighted by Gasteiger charge is 2.22. The van der Waals surface area contributed by atoms with Crippen LogP contribution in [-0.4, -0.2) is 29.8 Å². The van der Waals surface area contributed by atoms with Gasteiger partial charge in [-0.15, -0.1) is 0 Å². The normalized spacial score (nSPS) is 21.1. The van der Waals surface area contributed by atoms with Crippen LogP contribution in [0.1, 0.15) is 12.0 Å². The molecule has 0 radical (unpaired) electrons. The van der Waals surface area contributed by atoms with Gasteiger partial charge in [0.25, 0.3) is 5.89 Å². The van der Waals surface area contributed by atoms with E-state index in [-0.39, 0.29) is 6.10 Å². The number of nitrogens with one attached hydrogen (secondary N) is 1. The van der Waals surface area contributed by atoms with Crippen LogP contribution in [0.2, 0.25) is 0 Å². The molecular weight excluding hydrogens is 210 g/mol. The van der Waals surface area contributed by atoms with Crippen LogP contribution in [0, 0.1) is 0 Å². The van der Waals surface area contributed by atoms with E-state index in [2.05, 4.69) is 15.5 Å². The molecule has 1 aliphatic rings. The Morgan fingerprint density at radius 2 is 2.44 bits per heavy atom. The lowest BCUT2D eigenvalue weighted by Crippen LogP contribution is -2.33. The number of hydrogen-bond donors (Lipinski definition) is 1. The van der Waals surface area contributed by atoms with Gasteiger partial charge in [-0.05, 0) is 6.07 Å². The second-order valence-corrected chi connectivity index (χ2v) is 3.53. The molecule has 84 valence electrons. The Morgan fingerprint density at radius 3 is 3.19 bits per heavy atom. The van der Waals surface area contributed by atoms with Gasteiger partial charge in [-0.2, -0.15) is 4.98 Å². The minimum Gasteiger partial charge on any atom is -0.472 e. The summed E-state index contributed by atoms with van der Waals surface area (Å²) in [6.07, 6.45) is 3.00. The van der Waals surface area contributed by atoms with Gasteiger partial charge < -0.3 is 19.0 Å². The molecule has 1 unspecified atom stereocenters. The molecule has 2 aromatic rings. The van der Waals surface area contributed by atoms with Crippen LogP contribution in [0.4, 0.5) is 0 Å². The van der Waals surface area contributed by atoms with Gasteiger partial charge in [0.1, 0.15) is 12.4 Å². The molecule has 1 aliphatic heterocycles. The molecule has 1 saturated heterocycles. The molecule has 0 amide bonds. The van der Waals surface area contributed by atoms with Crippen molar-refractivity contribution in [3.63, 3.8) is 0 Å². The quantitative estimate of drug-likeness (QED) is 0.815. The highest BCUT2D eigenvalue weighted by molar-refractivity contribution is 5.51. The number of rotatable bonds is 2. The van der Waals surface area contributed by atoms with E-state index in [1.807, 2.05) is 0 Å². The SMILES string of the molecule is c1cc(-c2noc(C3CNCCO3)n2)co1. The molecule has 0 spiro atoms. The molecule has 1 atom stereocenters. The van der Waals surface area contributed by atoms with E-state index in [1.165, 1.54) is 0 Å². The molecule has 0 aliphatic carbocycles. The molecule has 3 rings (SSSR count). The van der Waals surface area contributed by atoms with Crippen molar-refractivity contribution in [2.75, 3.05) is 19.7 Å². The largest absolute Gasteiger partial charge is 0.472 e. The molecule has 2 aromatic heterocycles. The molecule has 16 heavy (non-hydrogen) atoms. The first-order valence-electron chi connectivity index (χ1n) is 5.12. The van der Waals surface area contributed by atoms with Gasteiger partial charge >= 0.3 is 0 Å². The van der Waals surface area contributed by atoms with E-state index >= 15 is 0 Å². The number of furan rings is 1. The average molecular weight is 221 g/mol. The lowest BCUT2D eigenvalue weighted by atomic mass is 10.3. The number of ether oxygens (including phenoxy) is 1. The molecule has 0 saturated carbocycles. The van der Waals surface area contributed by atoms with Gasteiger partial charge in [0.05, 0.1) is 18.4 Å². The van der Waals surface area contributed by atoms with Gasteiger partial charge in [-0.1, -0.05) is 5.16 Å². The Bertz CT molecular complexity index is 446. The first-order chi connectivity index (χ1) is 7.93. The van der Waals surface area contributed by atoms with Gasteiger partial charge in [-0.3, -0.25) is 0 Å². The van der Waals surface area contributed by atoms with Crippen molar-refractivity contribution in [1.82, 2.24) is 15.5 Å². The summed E-state index contributed by atoms with van der Waals surface area (Å²) in [6, 6.07) is 1.79. The molecule has 0 bridgehead atoms. The topological polar surface area (TPSA) is 73.3 Å². The maximum atomic E-state index is 5.51. The summed E-state index contributed by atoms with van der Waals surface area (Å²) in [6.45, 7) is 2.22. The van der Waals surface area contributed by atoms with Crippen molar-refractivity contribution in [1.29, 1.82) is 0 Å². The Kier molecular flexibility index (Phi) is 2.43. The summed E-state index contributed by atoms with van der Waals surface area (Å²) in [7, 11) is 0. The highest BCUT2D eigenvalue weighted by atomic mass is 16.5. The third-order valence-electron chi connectivity index (χ3n) is 2.42. The third-order valence-corrected chi connectivity index (χ3v) is 2.42. The smallest absolute Gasteiger partial charge is 0.257 e. The summed E-state index contributed by atoms with van der Waals surface area (Å²) in [4.78, 5) is 4.27. The summed E-state index contributed by atoms with van der Waals surface area (Å²) < 4.78 is 15.6. The van der Waals surface area contributed by atoms with E-state index < -0.39 is 0 Å². The van der Waals surface area contributed by atoms with E-state index in [4.69, 9.17) is 13.7 Å². The first-order valence-corrected chi connectivity index (χ1v) is 5.12. The Labute approximate surface area is 91.6 Å². The zero-order chi connectivity index (χ0) is 10.8. The number of hydrogen-bond acceptors (Lipinski definition) is 6. The standard InChI is InChI=1S/C10H11N3O3/c1-3-14-6-7(1)9-12-10(16-13-9)8-5-11-2-4-15-8/h1,3,6,8,11H,2,4-5H2. The summed E-state index contributed by atoms with van der Waals surface area (Å²) in [5.41, 5.74) is 0.804. The predicted octanol–water partition coefficient (Wildman–Crippen LogP) is 0.990. The maximum absolute atomic E-state index is 5.51. The van der Waals surface area contributed by atoms with E-state index in [9.17, 15) is 0 Å². The van der Waals surface area contributed by atoms with E-state index in [0.29, 0.717) is 24.9 Å². The fourth-order valence-electron chi connectivity index (χ4n) is 1.60. The number of morpholine rings is 1. The predicted molar refractivity (Wildman–Crippen MR) is 53.6 cm³/mol. The van der Waals surface area contributed by atoms with E-state index in [0.717, 1.165) is 12.1 Å². The van der Waals surface area contributed by atoms with Crippen molar-refractivity contribution >= 4 is 0 Å². The highest BCUT2D eigenvalue weighted by Crippen LogP contribution is 2.21. The fraction of sp³-hybridized carbons (Fsp3) is 0.400. The number of aromatic nitrogens is 2. The minimum absolute atomic E-state index is 0.151. The van der Waals surface area contributed by atoms with Gasteiger partial charge in [0, 0.05) is 13.1 Å². The van der Waals surface area contributed by atoms with Crippen LogP contribution in [0.15, 0.2) is 27.5 Å². The fourth-order valence-corrected chi connectivity index (χ4v) is 1.60. The van der Waals surface area contributed by atoms with Crippen molar-refractivity contribution < 1.29 is 13.7 Å². The molecule has 0 aromatic carbocycles. The van der Waals surface area contributed by atoms with Crippen LogP contribution < -0.4 is 5.32 Å². The van der Waals surface area contributed by atoms with Crippen LogP contribution in [0.25, 0.3) is 11.4 Å². The van der Waals surface area contributed by atoms with E-state index in [1.54, 1.807) is 18.6 Å². The second-order valence-electron chi connectivity index (χ2n) is 3.53. The van der Waals surface area contributed by atoms with Gasteiger partial charge in [0.15, 0.2) is 0 Å². The zero-order valence-corrected chi connectivity index (χ0v) is 8.55. The molecule has 3 heterocycles. The van der Waals surface area contributed by atoms with Crippen LogP contribution in [0.3, 0.4) is 0 Å². The van der Waals surface area contributed by atoms with Crippen LogP contribution in [0.5, 0.6) is 0 Å². The van der Waals surface area contributed by atoms with Crippen molar-refractivity contribution in [2.24, 2.45) is 0 Å². The molecular formula is C10H11N3O3. The number of nitrogens with zero attached hydrogens (tertiary/aromatic N) is 2. The lowest BCUT2D eigenvalue weighted by Gasteiger charge is -2.19. The third kappa shape index (κ3) is 1.72. The Hall–Kier alpha value is -1.66. The lowest BCUT2D eigenvalue weighted by molar-refractivity contribution is 0.00755. The van der Waals surface area contributed by atoms with Crippen LogP contribution in [-0.2, 0) is 4.74 Å². The first kappa shape index (κ1) is 9.56. The van der Waals surface area contributed by atoms with Crippen LogP contribution >= 0.6 is 0 Å². The summed E-state index contributed by atoms with van der Waals surface area (Å²) in [5, 5.41) is 7.09. The Morgan fingerprint density at radius 1 is 1.44 bits per heavy atom. The molecule has 1 N–H and O–H groups in total. The monoisotopic (exact) mass is 221 g/mol. The molecule has 6 nitrogen and oxygen atoms in total. The second kappa shape index (κ2) is 4.07. The minimum atomic E-state index is -0.151. The summed E-state index contributed by atoms with van der Waals surface area (Å²) in [5.74, 6) is 1.03. The van der Waals surface area contributed by atoms with Crippen molar-refractivity contribution in [3.8, 4) is 11.4 Å². The average Bonchev–Trinajstić information content (AvgIpc) is 3.01. The maximum Gasteiger partial charge on any atom is 0.257 e. The molecule has 1 fully saturated rings. The Balaban J connectivity index is 1.82. The van der Waals surface area contributed by atoms with Gasteiger partial charge in [0.2, 0.25) is 5.82 Å². The zero-order valence-electron chi connectivity index (χ0n) is 8.55. The van der Waals surface area contributed by atoms with Crippen molar-refractivity contribution in [3.05, 3.63) is 24.5 Å². The summed E-state index contributed by atoms with van der Waals surface area (Å²) >= 11 is 0. The molecule has 6 heteroatoms. The van der Waals surface area contributed by atoms with Crippen molar-refractivity contribution in [2.45, 2.75) is 6.10 Å². The van der Waals surface area contributed by atoms with Gasteiger partial charge in [-0.25, -0.2) is 0 Å².